The van der Waals surface area contributed by atoms with Crippen LogP contribution in [0.3, 0.4) is 0 Å². The van der Waals surface area contributed by atoms with Crippen molar-refractivity contribution >= 4 is 17.7 Å². The average Bonchev–Trinajstić information content (AvgIpc) is 2.58. The predicted molar refractivity (Wildman–Crippen MR) is 103 cm³/mol. The Labute approximate surface area is 161 Å². The van der Waals surface area contributed by atoms with Gasteiger partial charge in [0.15, 0.2) is 0 Å². The number of aromatic nitrogens is 1. The van der Waals surface area contributed by atoms with E-state index in [1.54, 1.807) is 0 Å². The van der Waals surface area contributed by atoms with Crippen molar-refractivity contribution in [2.24, 2.45) is 5.41 Å². The topological polar surface area (TPSA) is 45.7 Å². The number of pyridine rings is 1. The maximum absolute atomic E-state index is 12.2. The SMILES string of the molecule is CC(C)(C)OC(=O)N1CCC2(CCN(Cc3ccc(Cl)nc3)CC2)CC1. The van der Waals surface area contributed by atoms with E-state index in [-0.39, 0.29) is 6.09 Å². The zero-order valence-corrected chi connectivity index (χ0v) is 16.9. The molecule has 0 unspecified atom stereocenters. The summed E-state index contributed by atoms with van der Waals surface area (Å²) < 4.78 is 5.51. The summed E-state index contributed by atoms with van der Waals surface area (Å²) in [5, 5.41) is 0.545. The molecule has 0 N–H and O–H groups in total. The number of ether oxygens (including phenoxy) is 1. The number of likely N-dealkylation sites (tertiary alicyclic amines) is 2. The van der Waals surface area contributed by atoms with E-state index in [1.807, 2.05) is 37.9 Å². The van der Waals surface area contributed by atoms with Gasteiger partial charge in [0.05, 0.1) is 0 Å². The van der Waals surface area contributed by atoms with Crippen LogP contribution in [0.1, 0.15) is 52.0 Å². The maximum Gasteiger partial charge on any atom is 0.410 e. The van der Waals surface area contributed by atoms with Crippen LogP contribution in [-0.2, 0) is 11.3 Å². The molecule has 144 valence electrons. The first-order valence-electron chi connectivity index (χ1n) is 9.56. The molecule has 0 radical (unpaired) electrons. The van der Waals surface area contributed by atoms with E-state index >= 15 is 0 Å². The molecular weight excluding hydrogens is 350 g/mol. The van der Waals surface area contributed by atoms with Crippen molar-refractivity contribution in [3.05, 3.63) is 29.0 Å². The largest absolute Gasteiger partial charge is 0.444 e. The maximum atomic E-state index is 12.2. The van der Waals surface area contributed by atoms with Crippen LogP contribution in [0.4, 0.5) is 4.79 Å². The van der Waals surface area contributed by atoms with Gasteiger partial charge < -0.3 is 9.64 Å². The minimum atomic E-state index is -0.423. The quantitative estimate of drug-likeness (QED) is 0.716. The molecule has 1 aromatic rings. The lowest BCUT2D eigenvalue weighted by molar-refractivity contribution is -0.00312. The van der Waals surface area contributed by atoms with Crippen molar-refractivity contribution in [3.63, 3.8) is 0 Å². The fraction of sp³-hybridized carbons (Fsp3) is 0.700. The number of nitrogens with zero attached hydrogens (tertiary/aromatic N) is 3. The van der Waals surface area contributed by atoms with Crippen molar-refractivity contribution in [1.29, 1.82) is 0 Å². The monoisotopic (exact) mass is 379 g/mol. The van der Waals surface area contributed by atoms with Crippen LogP contribution in [0.2, 0.25) is 5.15 Å². The summed E-state index contributed by atoms with van der Waals surface area (Å²) in [6.07, 6.45) is 6.28. The number of halogens is 1. The minimum absolute atomic E-state index is 0.167. The van der Waals surface area contributed by atoms with Gasteiger partial charge in [0, 0.05) is 25.8 Å². The van der Waals surface area contributed by atoms with E-state index in [4.69, 9.17) is 16.3 Å². The average molecular weight is 380 g/mol. The Morgan fingerprint density at radius 3 is 2.31 bits per heavy atom. The third-order valence-electron chi connectivity index (χ3n) is 5.59. The zero-order chi connectivity index (χ0) is 18.8. The van der Waals surface area contributed by atoms with Crippen LogP contribution in [0.5, 0.6) is 0 Å². The highest BCUT2D eigenvalue weighted by atomic mass is 35.5. The molecule has 0 bridgehead atoms. The Morgan fingerprint density at radius 2 is 1.77 bits per heavy atom. The Balaban J connectivity index is 1.46. The Bertz CT molecular complexity index is 609. The zero-order valence-electron chi connectivity index (χ0n) is 16.1. The van der Waals surface area contributed by atoms with Crippen molar-refractivity contribution in [2.75, 3.05) is 26.2 Å². The summed E-state index contributed by atoms with van der Waals surface area (Å²) >= 11 is 5.86. The molecule has 2 saturated heterocycles. The summed E-state index contributed by atoms with van der Waals surface area (Å²) in [4.78, 5) is 20.8. The third kappa shape index (κ3) is 5.10. The van der Waals surface area contributed by atoms with Crippen molar-refractivity contribution in [1.82, 2.24) is 14.8 Å². The van der Waals surface area contributed by atoms with Crippen LogP contribution in [0.25, 0.3) is 0 Å². The van der Waals surface area contributed by atoms with Crippen LogP contribution in [0, 0.1) is 5.41 Å². The molecule has 1 spiro atoms. The highest BCUT2D eigenvalue weighted by molar-refractivity contribution is 6.29. The van der Waals surface area contributed by atoms with Gasteiger partial charge in [-0.2, -0.15) is 0 Å². The molecule has 3 rings (SSSR count). The van der Waals surface area contributed by atoms with Crippen LogP contribution < -0.4 is 0 Å². The standard InChI is InChI=1S/C20H30ClN3O2/c1-19(2,3)26-18(25)24-12-8-20(9-13-24)6-10-23(11-7-20)15-16-4-5-17(21)22-14-16/h4-5,14H,6-13,15H2,1-3H3. The number of carbonyl (C=O) groups is 1. The molecular formula is C20H30ClN3O2. The Morgan fingerprint density at radius 1 is 1.15 bits per heavy atom. The van der Waals surface area contributed by atoms with Crippen molar-refractivity contribution < 1.29 is 9.53 Å². The van der Waals surface area contributed by atoms with Gasteiger partial charge in [-0.1, -0.05) is 17.7 Å². The number of piperidine rings is 2. The van der Waals surface area contributed by atoms with E-state index in [9.17, 15) is 4.79 Å². The van der Waals surface area contributed by atoms with E-state index in [0.717, 1.165) is 45.6 Å². The molecule has 26 heavy (non-hydrogen) atoms. The summed E-state index contributed by atoms with van der Waals surface area (Å²) in [5.74, 6) is 0. The van der Waals surface area contributed by atoms with Gasteiger partial charge in [-0.05, 0) is 76.6 Å². The fourth-order valence-electron chi connectivity index (χ4n) is 3.93. The first-order chi connectivity index (χ1) is 12.2. The second-order valence-corrected chi connectivity index (χ2v) is 9.12. The van der Waals surface area contributed by atoms with Crippen LogP contribution in [0.15, 0.2) is 18.3 Å². The number of amides is 1. The lowest BCUT2D eigenvalue weighted by atomic mass is 9.71. The van der Waals surface area contributed by atoms with Crippen LogP contribution in [-0.4, -0.2) is 52.7 Å². The lowest BCUT2D eigenvalue weighted by Gasteiger charge is -2.46. The molecule has 0 aliphatic carbocycles. The van der Waals surface area contributed by atoms with Gasteiger partial charge in [-0.15, -0.1) is 0 Å². The first-order valence-corrected chi connectivity index (χ1v) is 9.93. The molecule has 0 saturated carbocycles. The first kappa shape index (κ1) is 19.4. The molecule has 5 nitrogen and oxygen atoms in total. The molecule has 6 heteroatoms. The molecule has 0 atom stereocenters. The normalized spacial score (nSPS) is 21.0. The molecule has 2 aliphatic rings. The molecule has 2 aliphatic heterocycles. The highest BCUT2D eigenvalue weighted by Crippen LogP contribution is 2.41. The molecule has 0 aromatic carbocycles. The number of hydrogen-bond donors (Lipinski definition) is 0. The molecule has 1 aromatic heterocycles. The van der Waals surface area contributed by atoms with Gasteiger partial charge in [-0.25, -0.2) is 9.78 Å². The highest BCUT2D eigenvalue weighted by Gasteiger charge is 2.39. The van der Waals surface area contributed by atoms with Gasteiger partial charge in [0.25, 0.3) is 0 Å². The van der Waals surface area contributed by atoms with E-state index in [0.29, 0.717) is 10.6 Å². The number of carbonyl (C=O) groups excluding carboxylic acids is 1. The van der Waals surface area contributed by atoms with Gasteiger partial charge in [0.1, 0.15) is 10.8 Å². The summed E-state index contributed by atoms with van der Waals surface area (Å²) in [6, 6.07) is 3.91. The Kier molecular flexibility index (Phi) is 5.78. The minimum Gasteiger partial charge on any atom is -0.444 e. The van der Waals surface area contributed by atoms with E-state index in [2.05, 4.69) is 16.0 Å². The predicted octanol–water partition coefficient (Wildman–Crippen LogP) is 4.35. The molecule has 1 amide bonds. The van der Waals surface area contributed by atoms with E-state index in [1.165, 1.54) is 18.4 Å². The van der Waals surface area contributed by atoms with Crippen LogP contribution >= 0.6 is 11.6 Å². The second-order valence-electron chi connectivity index (χ2n) is 8.73. The second kappa shape index (κ2) is 7.73. The number of hydrogen-bond acceptors (Lipinski definition) is 4. The van der Waals surface area contributed by atoms with E-state index < -0.39 is 5.60 Å². The van der Waals surface area contributed by atoms with Gasteiger partial charge >= 0.3 is 6.09 Å². The lowest BCUT2D eigenvalue weighted by Crippen LogP contribution is -2.49. The molecule has 3 heterocycles. The fourth-order valence-corrected chi connectivity index (χ4v) is 4.05. The molecule has 2 fully saturated rings. The summed E-state index contributed by atoms with van der Waals surface area (Å²) in [6.45, 7) is 10.5. The summed E-state index contributed by atoms with van der Waals surface area (Å²) in [5.41, 5.74) is 1.19. The van der Waals surface area contributed by atoms with Crippen molar-refractivity contribution in [3.8, 4) is 0 Å². The van der Waals surface area contributed by atoms with Gasteiger partial charge in [-0.3, -0.25) is 4.90 Å². The van der Waals surface area contributed by atoms with Crippen molar-refractivity contribution in [2.45, 2.75) is 58.6 Å². The van der Waals surface area contributed by atoms with Gasteiger partial charge in [0.2, 0.25) is 0 Å². The Hall–Kier alpha value is -1.33. The smallest absolute Gasteiger partial charge is 0.410 e. The number of rotatable bonds is 2. The third-order valence-corrected chi connectivity index (χ3v) is 5.81. The summed E-state index contributed by atoms with van der Waals surface area (Å²) in [7, 11) is 0.